The van der Waals surface area contributed by atoms with E-state index in [4.69, 9.17) is 14.1 Å². The second-order valence-electron chi connectivity index (χ2n) is 7.99. The average Bonchev–Trinajstić information content (AvgIpc) is 3.59. The first kappa shape index (κ1) is 24.2. The Hall–Kier alpha value is -3.98. The molecule has 9 heteroatoms. The molecule has 0 bridgehead atoms. The molecule has 0 aliphatic heterocycles. The predicted molar refractivity (Wildman–Crippen MR) is 134 cm³/mol. The topological polar surface area (TPSA) is 89.5 Å². The van der Waals surface area contributed by atoms with E-state index in [2.05, 4.69) is 28.8 Å². The molecule has 182 valence electrons. The monoisotopic (exact) mass is 474 g/mol. The van der Waals surface area contributed by atoms with Crippen LogP contribution in [0.1, 0.15) is 24.2 Å². The Kier molecular flexibility index (Phi) is 7.57. The molecule has 4 rings (SSSR count). The van der Waals surface area contributed by atoms with Crippen molar-refractivity contribution in [2.75, 3.05) is 40.3 Å². The highest BCUT2D eigenvalue weighted by Crippen LogP contribution is 2.30. The fourth-order valence-corrected chi connectivity index (χ4v) is 3.90. The summed E-state index contributed by atoms with van der Waals surface area (Å²) in [5.41, 5.74) is 2.44. The summed E-state index contributed by atoms with van der Waals surface area (Å²) in [6.45, 7) is 7.50. The first-order chi connectivity index (χ1) is 17.1. The molecule has 3 aromatic heterocycles. The lowest BCUT2D eigenvalue weighted by molar-refractivity contribution is 0.0780. The van der Waals surface area contributed by atoms with Gasteiger partial charge in [-0.2, -0.15) is 9.78 Å². The molecule has 1 aromatic carbocycles. The van der Waals surface area contributed by atoms with Gasteiger partial charge in [0.1, 0.15) is 11.4 Å². The van der Waals surface area contributed by atoms with Gasteiger partial charge in [0, 0.05) is 31.9 Å². The molecule has 1 amide bonds. The molecular formula is C26H30N6O3. The second-order valence-corrected chi connectivity index (χ2v) is 7.99. The number of hydrogen-bond donors (Lipinski definition) is 0. The van der Waals surface area contributed by atoms with Crippen molar-refractivity contribution in [1.29, 1.82) is 0 Å². The Morgan fingerprint density at radius 1 is 1.09 bits per heavy atom. The summed E-state index contributed by atoms with van der Waals surface area (Å²) < 4.78 is 12.7. The maximum atomic E-state index is 13.4. The van der Waals surface area contributed by atoms with Gasteiger partial charge in [-0.15, -0.1) is 0 Å². The van der Waals surface area contributed by atoms with E-state index in [0.717, 1.165) is 25.2 Å². The average molecular weight is 475 g/mol. The molecule has 0 aliphatic carbocycles. The third kappa shape index (κ3) is 5.09. The van der Waals surface area contributed by atoms with Gasteiger partial charge < -0.3 is 19.0 Å². The van der Waals surface area contributed by atoms with Gasteiger partial charge in [-0.1, -0.05) is 26.0 Å². The highest BCUT2D eigenvalue weighted by molar-refractivity contribution is 5.99. The molecule has 9 nitrogen and oxygen atoms in total. The molecule has 35 heavy (non-hydrogen) atoms. The Labute approximate surface area is 205 Å². The molecule has 0 fully saturated rings. The number of furan rings is 1. The van der Waals surface area contributed by atoms with Crippen LogP contribution in [0.2, 0.25) is 0 Å². The molecule has 0 atom stereocenters. The Morgan fingerprint density at radius 2 is 1.89 bits per heavy atom. The van der Waals surface area contributed by atoms with Gasteiger partial charge in [-0.05, 0) is 43.4 Å². The summed E-state index contributed by atoms with van der Waals surface area (Å²) in [7, 11) is 3.42. The maximum absolute atomic E-state index is 13.4. The van der Waals surface area contributed by atoms with Crippen LogP contribution in [-0.2, 0) is 0 Å². The lowest BCUT2D eigenvalue weighted by Crippen LogP contribution is -2.36. The Bertz CT molecular complexity index is 1260. The SMILES string of the molecule is CCN(CC)CCN(C)C(=O)c1cnn(-c2nccc(-c3ccccc3OC)n2)c1-c1ccco1. The van der Waals surface area contributed by atoms with E-state index in [9.17, 15) is 4.79 Å². The maximum Gasteiger partial charge on any atom is 0.257 e. The zero-order valence-corrected chi connectivity index (χ0v) is 20.5. The molecule has 0 saturated carbocycles. The minimum absolute atomic E-state index is 0.143. The van der Waals surface area contributed by atoms with E-state index in [0.29, 0.717) is 41.0 Å². The normalized spacial score (nSPS) is 11.1. The number of benzene rings is 1. The van der Waals surface area contributed by atoms with Gasteiger partial charge in [0.05, 0.1) is 30.8 Å². The largest absolute Gasteiger partial charge is 0.496 e. The van der Waals surface area contributed by atoms with Crippen molar-refractivity contribution in [3.8, 4) is 34.4 Å². The minimum atomic E-state index is -0.143. The molecule has 0 radical (unpaired) electrons. The van der Waals surface area contributed by atoms with Crippen LogP contribution in [0.15, 0.2) is 65.5 Å². The lowest BCUT2D eigenvalue weighted by Gasteiger charge is -2.23. The van der Waals surface area contributed by atoms with Gasteiger partial charge >= 0.3 is 0 Å². The van der Waals surface area contributed by atoms with Crippen molar-refractivity contribution < 1.29 is 13.9 Å². The molecule has 4 aromatic rings. The summed E-state index contributed by atoms with van der Waals surface area (Å²) in [4.78, 5) is 26.6. The highest BCUT2D eigenvalue weighted by atomic mass is 16.5. The molecule has 0 N–H and O–H groups in total. The lowest BCUT2D eigenvalue weighted by atomic mass is 10.1. The van der Waals surface area contributed by atoms with Crippen molar-refractivity contribution in [2.45, 2.75) is 13.8 Å². The number of ether oxygens (including phenoxy) is 1. The van der Waals surface area contributed by atoms with Crippen LogP contribution in [0.4, 0.5) is 0 Å². The number of methoxy groups -OCH3 is 1. The van der Waals surface area contributed by atoms with Crippen molar-refractivity contribution in [2.24, 2.45) is 0 Å². The first-order valence-corrected chi connectivity index (χ1v) is 11.6. The number of aromatic nitrogens is 4. The number of hydrogen-bond acceptors (Lipinski definition) is 7. The Morgan fingerprint density at radius 3 is 2.60 bits per heavy atom. The molecule has 0 unspecified atom stereocenters. The number of carbonyl (C=O) groups is 1. The van der Waals surface area contributed by atoms with Gasteiger partial charge in [0.2, 0.25) is 0 Å². The van der Waals surface area contributed by atoms with Gasteiger partial charge in [-0.25, -0.2) is 9.97 Å². The van der Waals surface area contributed by atoms with Crippen LogP contribution < -0.4 is 4.74 Å². The summed E-state index contributed by atoms with van der Waals surface area (Å²) in [6, 6.07) is 13.0. The van der Waals surface area contributed by atoms with E-state index in [1.54, 1.807) is 54.5 Å². The molecule has 3 heterocycles. The van der Waals surface area contributed by atoms with Crippen molar-refractivity contribution in [3.05, 3.63) is 66.7 Å². The van der Waals surface area contributed by atoms with Crippen molar-refractivity contribution in [3.63, 3.8) is 0 Å². The third-order valence-corrected chi connectivity index (χ3v) is 5.96. The zero-order valence-electron chi connectivity index (χ0n) is 20.5. The summed E-state index contributed by atoms with van der Waals surface area (Å²) >= 11 is 0. The second kappa shape index (κ2) is 11.0. The number of rotatable bonds is 10. The minimum Gasteiger partial charge on any atom is -0.496 e. The predicted octanol–water partition coefficient (Wildman–Crippen LogP) is 4.01. The van der Waals surface area contributed by atoms with Crippen LogP contribution in [-0.4, -0.2) is 75.8 Å². The summed E-state index contributed by atoms with van der Waals surface area (Å²) in [5, 5.41) is 4.49. The van der Waals surface area contributed by atoms with Crippen LogP contribution in [0.5, 0.6) is 5.75 Å². The van der Waals surface area contributed by atoms with E-state index in [1.807, 2.05) is 30.3 Å². The summed E-state index contributed by atoms with van der Waals surface area (Å²) in [6.07, 6.45) is 4.78. The fourth-order valence-electron chi connectivity index (χ4n) is 3.90. The number of carbonyl (C=O) groups excluding carboxylic acids is 1. The Balaban J connectivity index is 1.72. The molecular weight excluding hydrogens is 444 g/mol. The van der Waals surface area contributed by atoms with E-state index in [-0.39, 0.29) is 5.91 Å². The zero-order chi connectivity index (χ0) is 24.8. The molecule has 0 spiro atoms. The first-order valence-electron chi connectivity index (χ1n) is 11.6. The third-order valence-electron chi connectivity index (χ3n) is 5.96. The van der Waals surface area contributed by atoms with Crippen LogP contribution in [0.25, 0.3) is 28.7 Å². The van der Waals surface area contributed by atoms with Crippen molar-refractivity contribution in [1.82, 2.24) is 29.5 Å². The van der Waals surface area contributed by atoms with E-state index in [1.165, 1.54) is 0 Å². The molecule has 0 saturated heterocycles. The standard InChI is InChI=1S/C26H30N6O3/c1-5-31(6-2)16-15-30(3)25(33)20-18-28-32(24(20)23-12-9-17-35-23)26-27-14-13-21(29-26)19-10-7-8-11-22(19)34-4/h7-14,17-18H,5-6,15-16H2,1-4H3. The molecule has 0 aliphatic rings. The number of amides is 1. The van der Waals surface area contributed by atoms with Gasteiger partial charge in [0.15, 0.2) is 5.76 Å². The highest BCUT2D eigenvalue weighted by Gasteiger charge is 2.25. The van der Waals surface area contributed by atoms with E-state index < -0.39 is 0 Å². The number of likely N-dealkylation sites (N-methyl/N-ethyl adjacent to an activating group) is 2. The summed E-state index contributed by atoms with van der Waals surface area (Å²) in [5.74, 6) is 1.39. The van der Waals surface area contributed by atoms with Crippen LogP contribution in [0, 0.1) is 0 Å². The quantitative estimate of drug-likeness (QED) is 0.343. The van der Waals surface area contributed by atoms with E-state index >= 15 is 0 Å². The van der Waals surface area contributed by atoms with Gasteiger partial charge in [-0.3, -0.25) is 4.79 Å². The van der Waals surface area contributed by atoms with Gasteiger partial charge in [0.25, 0.3) is 11.9 Å². The fraction of sp³-hybridized carbons (Fsp3) is 0.308. The smallest absolute Gasteiger partial charge is 0.257 e. The van der Waals surface area contributed by atoms with Crippen LogP contribution >= 0.6 is 0 Å². The van der Waals surface area contributed by atoms with Crippen molar-refractivity contribution >= 4 is 5.91 Å². The number of para-hydroxylation sites is 1. The van der Waals surface area contributed by atoms with Crippen LogP contribution in [0.3, 0.4) is 0 Å². The number of nitrogens with zero attached hydrogens (tertiary/aromatic N) is 6.